The third kappa shape index (κ3) is 59.3. The fraction of sp³-hybridized carbons (Fsp3) is 0.962. The normalized spacial score (nSPS) is 11.1. The number of carbonyl (C=O) groups is 2. The Balaban J connectivity index is 0. The summed E-state index contributed by atoms with van der Waals surface area (Å²) in [5.41, 5.74) is 0. The van der Waals surface area contributed by atoms with Crippen molar-refractivity contribution in [2.24, 2.45) is 0 Å². The molecule has 0 bridgehead atoms. The highest BCUT2D eigenvalue weighted by molar-refractivity contribution is 5.69. The summed E-state index contributed by atoms with van der Waals surface area (Å²) in [4.78, 5) is 22.2. The molecule has 0 spiro atoms. The van der Waals surface area contributed by atoms with Crippen LogP contribution in [0.5, 0.6) is 0 Å². The Hall–Kier alpha value is -1.06. The Morgan fingerprint density at radius 2 is 0.474 bits per heavy atom. The molecular formula is C53H106O4. The van der Waals surface area contributed by atoms with Crippen LogP contribution in [0.25, 0.3) is 0 Å². The Morgan fingerprint density at radius 3 is 0.702 bits per heavy atom. The van der Waals surface area contributed by atoms with Crippen molar-refractivity contribution < 1.29 is 19.4 Å². The minimum Gasteiger partial charge on any atom is -0.481 e. The molecule has 0 atom stereocenters. The highest BCUT2D eigenvalue weighted by atomic mass is 16.5. The van der Waals surface area contributed by atoms with Crippen LogP contribution in [0.1, 0.15) is 323 Å². The zero-order valence-electron chi connectivity index (χ0n) is 39.6. The molecule has 0 aromatic heterocycles. The van der Waals surface area contributed by atoms with Gasteiger partial charge in [0.15, 0.2) is 0 Å². The molecule has 0 heterocycles. The Bertz CT molecular complexity index is 736. The predicted octanol–water partition coefficient (Wildman–Crippen LogP) is 19.0. The molecule has 4 heteroatoms. The summed E-state index contributed by atoms with van der Waals surface area (Å²) in [5, 5.41) is 8.54. The number of aliphatic carboxylic acids is 1. The Kier molecular flexibility index (Phi) is 55.9. The monoisotopic (exact) mass is 807 g/mol. The highest BCUT2D eigenvalue weighted by Crippen LogP contribution is 2.17. The number of unbranched alkanes of at least 4 members (excludes halogenated alkanes) is 42. The average molecular weight is 807 g/mol. The van der Waals surface area contributed by atoms with Gasteiger partial charge in [-0.1, -0.05) is 290 Å². The zero-order valence-corrected chi connectivity index (χ0v) is 39.6. The van der Waals surface area contributed by atoms with Crippen LogP contribution < -0.4 is 0 Å². The predicted molar refractivity (Wildman–Crippen MR) is 253 cm³/mol. The lowest BCUT2D eigenvalue weighted by Gasteiger charge is -2.06. The van der Waals surface area contributed by atoms with E-state index in [0.29, 0.717) is 19.4 Å². The van der Waals surface area contributed by atoms with Gasteiger partial charge < -0.3 is 9.84 Å². The van der Waals surface area contributed by atoms with Gasteiger partial charge in [-0.3, -0.25) is 9.59 Å². The standard InChI is InChI=1S/C33H66O2.C20H40O2/c1-3-5-7-9-11-13-15-16-17-18-19-20-21-23-25-27-29-31-33(34)35-32-30-28-26-24-22-14-12-10-8-6-4-2;1-2-3-4-5-6-7-8-9-10-11-12-13-14-15-16-17-18-19-20(21)22/h3-32H2,1-2H3;2-19H2,1H3,(H,21,22). The lowest BCUT2D eigenvalue weighted by Crippen LogP contribution is -2.05. The van der Waals surface area contributed by atoms with Crippen molar-refractivity contribution in [2.75, 3.05) is 6.61 Å². The van der Waals surface area contributed by atoms with Crippen LogP contribution >= 0.6 is 0 Å². The van der Waals surface area contributed by atoms with Gasteiger partial charge in [0, 0.05) is 12.8 Å². The molecule has 0 aliphatic rings. The van der Waals surface area contributed by atoms with Crippen molar-refractivity contribution in [3.8, 4) is 0 Å². The van der Waals surface area contributed by atoms with Gasteiger partial charge in [-0.15, -0.1) is 0 Å². The summed E-state index contributed by atoms with van der Waals surface area (Å²) in [5.74, 6) is -0.626. The fourth-order valence-electron chi connectivity index (χ4n) is 8.02. The Labute approximate surface area is 359 Å². The number of rotatable bonds is 48. The van der Waals surface area contributed by atoms with Crippen LogP contribution in [0.4, 0.5) is 0 Å². The van der Waals surface area contributed by atoms with E-state index in [0.717, 1.165) is 25.7 Å². The molecular weight excluding hydrogens is 701 g/mol. The van der Waals surface area contributed by atoms with E-state index in [1.807, 2.05) is 0 Å². The second kappa shape index (κ2) is 54.9. The smallest absolute Gasteiger partial charge is 0.305 e. The van der Waals surface area contributed by atoms with Crippen LogP contribution in [-0.4, -0.2) is 23.7 Å². The summed E-state index contributed by atoms with van der Waals surface area (Å²) in [6.45, 7) is 7.48. The van der Waals surface area contributed by atoms with E-state index in [4.69, 9.17) is 9.84 Å². The lowest BCUT2D eigenvalue weighted by atomic mass is 10.0. The number of carboxylic acid groups (broad SMARTS) is 1. The largest absolute Gasteiger partial charge is 0.481 e. The molecule has 1 N–H and O–H groups in total. The molecule has 0 aromatic carbocycles. The first-order valence-electron chi connectivity index (χ1n) is 26.5. The van der Waals surface area contributed by atoms with Crippen LogP contribution in [0, 0.1) is 0 Å². The van der Waals surface area contributed by atoms with Crippen molar-refractivity contribution in [3.05, 3.63) is 0 Å². The summed E-state index contributed by atoms with van der Waals surface area (Å²) in [7, 11) is 0. The highest BCUT2D eigenvalue weighted by Gasteiger charge is 2.03. The molecule has 0 fully saturated rings. The van der Waals surface area contributed by atoms with Crippen molar-refractivity contribution in [1.29, 1.82) is 0 Å². The number of hydrogen-bond acceptors (Lipinski definition) is 3. The molecule has 57 heavy (non-hydrogen) atoms. The molecule has 0 amide bonds. The molecule has 0 aliphatic carbocycles. The topological polar surface area (TPSA) is 63.6 Å². The van der Waals surface area contributed by atoms with E-state index in [1.165, 1.54) is 263 Å². The van der Waals surface area contributed by atoms with Crippen molar-refractivity contribution >= 4 is 11.9 Å². The second-order valence-electron chi connectivity index (χ2n) is 18.0. The molecule has 0 rings (SSSR count). The number of hydrogen-bond donors (Lipinski definition) is 1. The minimum absolute atomic E-state index is 0.0260. The number of esters is 1. The molecule has 0 unspecified atom stereocenters. The van der Waals surface area contributed by atoms with Crippen molar-refractivity contribution in [3.63, 3.8) is 0 Å². The van der Waals surface area contributed by atoms with Crippen LogP contribution in [0.2, 0.25) is 0 Å². The second-order valence-corrected chi connectivity index (χ2v) is 18.0. The molecule has 0 saturated carbocycles. The number of carbonyl (C=O) groups excluding carboxylic acids is 1. The summed E-state index contributed by atoms with van der Waals surface area (Å²) >= 11 is 0. The number of carboxylic acids is 1. The molecule has 4 nitrogen and oxygen atoms in total. The van der Waals surface area contributed by atoms with E-state index in [9.17, 15) is 9.59 Å². The summed E-state index contributed by atoms with van der Waals surface area (Å²) in [6.07, 6.45) is 61.8. The third-order valence-electron chi connectivity index (χ3n) is 12.0. The lowest BCUT2D eigenvalue weighted by molar-refractivity contribution is -0.144. The third-order valence-corrected chi connectivity index (χ3v) is 12.0. The maximum atomic E-state index is 11.9. The SMILES string of the molecule is CCCCCCCCCCCCCCCCCCCC(=O)O.CCCCCCCCCCCCCCCCCCCC(=O)OCCCCCCCCCCCCC. The maximum Gasteiger partial charge on any atom is 0.305 e. The maximum absolute atomic E-state index is 11.9. The van der Waals surface area contributed by atoms with E-state index in [2.05, 4.69) is 20.8 Å². The van der Waals surface area contributed by atoms with E-state index in [-0.39, 0.29) is 5.97 Å². The first-order valence-corrected chi connectivity index (χ1v) is 26.5. The van der Waals surface area contributed by atoms with Crippen molar-refractivity contribution in [1.82, 2.24) is 0 Å². The van der Waals surface area contributed by atoms with E-state index >= 15 is 0 Å². The zero-order chi connectivity index (χ0) is 41.8. The van der Waals surface area contributed by atoms with E-state index in [1.54, 1.807) is 0 Å². The molecule has 0 radical (unpaired) electrons. The van der Waals surface area contributed by atoms with Crippen molar-refractivity contribution in [2.45, 2.75) is 323 Å². The van der Waals surface area contributed by atoms with Crippen LogP contribution in [0.15, 0.2) is 0 Å². The molecule has 0 saturated heterocycles. The van der Waals surface area contributed by atoms with Crippen LogP contribution in [0.3, 0.4) is 0 Å². The first kappa shape index (κ1) is 58.0. The van der Waals surface area contributed by atoms with Gasteiger partial charge in [0.2, 0.25) is 0 Å². The van der Waals surface area contributed by atoms with Gasteiger partial charge in [0.1, 0.15) is 0 Å². The van der Waals surface area contributed by atoms with Gasteiger partial charge >= 0.3 is 11.9 Å². The van der Waals surface area contributed by atoms with Gasteiger partial charge in [0.05, 0.1) is 6.61 Å². The van der Waals surface area contributed by atoms with Gasteiger partial charge in [-0.25, -0.2) is 0 Å². The first-order chi connectivity index (χ1) is 28.1. The Morgan fingerprint density at radius 1 is 0.281 bits per heavy atom. The van der Waals surface area contributed by atoms with Gasteiger partial charge in [-0.05, 0) is 19.3 Å². The van der Waals surface area contributed by atoms with Gasteiger partial charge in [0.25, 0.3) is 0 Å². The van der Waals surface area contributed by atoms with E-state index < -0.39 is 5.97 Å². The molecule has 0 aromatic rings. The quantitative estimate of drug-likeness (QED) is 0.0491. The fourth-order valence-corrected chi connectivity index (χ4v) is 8.02. The summed E-state index contributed by atoms with van der Waals surface area (Å²) < 4.78 is 5.41. The van der Waals surface area contributed by atoms with Gasteiger partial charge in [-0.2, -0.15) is 0 Å². The number of ether oxygens (including phenoxy) is 1. The summed E-state index contributed by atoms with van der Waals surface area (Å²) in [6, 6.07) is 0. The minimum atomic E-state index is -0.652. The molecule has 0 aliphatic heterocycles. The average Bonchev–Trinajstić information content (AvgIpc) is 3.20. The molecule has 342 valence electrons. The van der Waals surface area contributed by atoms with Crippen LogP contribution in [-0.2, 0) is 14.3 Å².